The highest BCUT2D eigenvalue weighted by atomic mass is 127. The molecule has 2 N–H and O–H groups in total. The molecule has 0 aliphatic rings. The summed E-state index contributed by atoms with van der Waals surface area (Å²) in [4.78, 5) is 16.5. The van der Waals surface area contributed by atoms with Gasteiger partial charge < -0.3 is 14.9 Å². The number of rotatable bonds is 8. The molecule has 0 radical (unpaired) electrons. The van der Waals surface area contributed by atoms with Crippen molar-refractivity contribution in [2.75, 3.05) is 19.8 Å². The highest BCUT2D eigenvalue weighted by Gasteiger charge is 2.20. The first-order valence-corrected chi connectivity index (χ1v) is 9.45. The van der Waals surface area contributed by atoms with E-state index in [1.54, 1.807) is 12.1 Å². The van der Waals surface area contributed by atoms with Crippen molar-refractivity contribution in [3.8, 4) is 0 Å². The number of imidazole rings is 1. The number of carbonyl (C=O) groups is 1. The Bertz CT molecular complexity index is 1010. The van der Waals surface area contributed by atoms with E-state index in [4.69, 9.17) is 9.84 Å². The number of fused-ring (bicyclic) bond motifs is 1. The Morgan fingerprint density at radius 2 is 2.07 bits per heavy atom. The van der Waals surface area contributed by atoms with Gasteiger partial charge in [-0.2, -0.15) is 0 Å². The Morgan fingerprint density at radius 1 is 1.29 bits per heavy atom. The predicted molar refractivity (Wildman–Crippen MR) is 105 cm³/mol. The number of halogens is 3. The lowest BCUT2D eigenvalue weighted by atomic mass is 10.0. The SMILES string of the molecule is O=C(COC[C@H](O)CO)c1cc(F)c2cncn2c1Cc1ccc(I)cc1F. The van der Waals surface area contributed by atoms with Crippen LogP contribution >= 0.6 is 22.6 Å². The van der Waals surface area contributed by atoms with Crippen LogP contribution in [0.1, 0.15) is 21.6 Å². The molecule has 3 aromatic rings. The minimum absolute atomic E-state index is 0.0411. The van der Waals surface area contributed by atoms with Crippen LogP contribution in [0, 0.1) is 15.2 Å². The van der Waals surface area contributed by atoms with Crippen LogP contribution < -0.4 is 0 Å². The molecule has 148 valence electrons. The van der Waals surface area contributed by atoms with Crippen molar-refractivity contribution in [3.63, 3.8) is 0 Å². The Labute approximate surface area is 172 Å². The summed E-state index contributed by atoms with van der Waals surface area (Å²) in [5.74, 6) is -1.59. The van der Waals surface area contributed by atoms with Crippen molar-refractivity contribution < 1.29 is 28.5 Å². The van der Waals surface area contributed by atoms with Crippen molar-refractivity contribution >= 4 is 33.9 Å². The van der Waals surface area contributed by atoms with Crippen LogP contribution in [-0.2, 0) is 11.2 Å². The van der Waals surface area contributed by atoms with E-state index in [2.05, 4.69) is 4.98 Å². The monoisotopic (exact) mass is 502 g/mol. The van der Waals surface area contributed by atoms with E-state index in [0.717, 1.165) is 9.64 Å². The second-order valence-corrected chi connectivity index (χ2v) is 7.43. The molecule has 3 rings (SSSR count). The molecule has 0 saturated heterocycles. The Hall–Kier alpha value is -1.95. The van der Waals surface area contributed by atoms with Gasteiger partial charge in [0.1, 0.15) is 29.9 Å². The molecule has 0 spiro atoms. The summed E-state index contributed by atoms with van der Waals surface area (Å²) in [6.07, 6.45) is 1.63. The fourth-order valence-corrected chi connectivity index (χ4v) is 3.24. The van der Waals surface area contributed by atoms with Gasteiger partial charge in [-0.05, 0) is 46.4 Å². The van der Waals surface area contributed by atoms with Gasteiger partial charge in [-0.15, -0.1) is 0 Å². The number of benzene rings is 1. The molecule has 2 aromatic heterocycles. The number of carbonyl (C=O) groups excluding carboxylic acids is 1. The van der Waals surface area contributed by atoms with Gasteiger partial charge in [0, 0.05) is 21.2 Å². The summed E-state index contributed by atoms with van der Waals surface area (Å²) in [7, 11) is 0. The van der Waals surface area contributed by atoms with Crippen LogP contribution in [0.25, 0.3) is 5.52 Å². The number of hydrogen-bond donors (Lipinski definition) is 2. The number of Topliss-reactive ketones (excluding diaryl/α,β-unsaturated/α-hetero) is 1. The average Bonchev–Trinajstić information content (AvgIpc) is 3.16. The van der Waals surface area contributed by atoms with Crippen molar-refractivity contribution in [2.24, 2.45) is 0 Å². The maximum absolute atomic E-state index is 14.4. The zero-order valence-electron chi connectivity index (χ0n) is 14.6. The molecule has 6 nitrogen and oxygen atoms in total. The quantitative estimate of drug-likeness (QED) is 0.365. The van der Waals surface area contributed by atoms with Crippen LogP contribution in [0.4, 0.5) is 8.78 Å². The maximum Gasteiger partial charge on any atom is 0.190 e. The largest absolute Gasteiger partial charge is 0.394 e. The Morgan fingerprint density at radius 3 is 2.79 bits per heavy atom. The van der Waals surface area contributed by atoms with Gasteiger partial charge in [-0.25, -0.2) is 13.8 Å². The molecule has 0 aliphatic heterocycles. The standard InChI is InChI=1S/C19H17F2IN2O4/c20-15-4-12(22)2-1-11(15)3-17-14(19(27)9-28-8-13(26)7-25)5-16(21)18-6-23-10-24(17)18/h1-2,4-6,10,13,25-26H,3,7-9H2/t13-/m1/s1. The first-order valence-electron chi connectivity index (χ1n) is 8.38. The van der Waals surface area contributed by atoms with Crippen LogP contribution in [0.2, 0.25) is 0 Å². The molecule has 0 unspecified atom stereocenters. The van der Waals surface area contributed by atoms with E-state index >= 15 is 0 Å². The minimum atomic E-state index is -1.11. The van der Waals surface area contributed by atoms with E-state index in [9.17, 15) is 18.7 Å². The van der Waals surface area contributed by atoms with Gasteiger partial charge in [0.15, 0.2) is 5.78 Å². The van der Waals surface area contributed by atoms with Crippen molar-refractivity contribution in [3.05, 3.63) is 68.8 Å². The van der Waals surface area contributed by atoms with Crippen molar-refractivity contribution in [1.82, 2.24) is 9.38 Å². The second kappa shape index (κ2) is 9.03. The summed E-state index contributed by atoms with van der Waals surface area (Å²) in [5.41, 5.74) is 0.950. The summed E-state index contributed by atoms with van der Waals surface area (Å²) in [6.45, 7) is -1.15. The van der Waals surface area contributed by atoms with E-state index in [0.29, 0.717) is 11.3 Å². The minimum Gasteiger partial charge on any atom is -0.394 e. The van der Waals surface area contributed by atoms with Gasteiger partial charge in [-0.1, -0.05) is 6.07 Å². The fourth-order valence-electron chi connectivity index (χ4n) is 2.79. The summed E-state index contributed by atoms with van der Waals surface area (Å²) in [5, 5.41) is 18.1. The lowest BCUT2D eigenvalue weighted by Gasteiger charge is -2.14. The first-order chi connectivity index (χ1) is 13.4. The molecule has 0 fully saturated rings. The molecular formula is C19H17F2IN2O4. The highest BCUT2D eigenvalue weighted by molar-refractivity contribution is 14.1. The van der Waals surface area contributed by atoms with Crippen LogP contribution in [0.5, 0.6) is 0 Å². The number of aliphatic hydroxyl groups excluding tert-OH is 2. The first kappa shape index (κ1) is 20.8. The van der Waals surface area contributed by atoms with E-state index in [1.165, 1.54) is 23.0 Å². The highest BCUT2D eigenvalue weighted by Crippen LogP contribution is 2.23. The number of aromatic nitrogens is 2. The summed E-state index contributed by atoms with van der Waals surface area (Å²) >= 11 is 2.00. The normalized spacial score (nSPS) is 12.5. The smallest absolute Gasteiger partial charge is 0.190 e. The topological polar surface area (TPSA) is 84.1 Å². The third-order valence-electron chi connectivity index (χ3n) is 4.18. The molecule has 1 aromatic carbocycles. The molecule has 2 heterocycles. The lowest BCUT2D eigenvalue weighted by Crippen LogP contribution is -2.23. The van der Waals surface area contributed by atoms with Crippen molar-refractivity contribution in [1.29, 1.82) is 0 Å². The zero-order valence-corrected chi connectivity index (χ0v) is 16.8. The molecule has 0 amide bonds. The molecule has 0 bridgehead atoms. The number of ether oxygens (including phenoxy) is 1. The fraction of sp³-hybridized carbons (Fsp3) is 0.263. The Balaban J connectivity index is 1.97. The van der Waals surface area contributed by atoms with Crippen LogP contribution in [0.15, 0.2) is 36.8 Å². The summed E-state index contributed by atoms with van der Waals surface area (Å²) < 4.78 is 36.0. The molecule has 1 atom stereocenters. The predicted octanol–water partition coefficient (Wildman–Crippen LogP) is 2.36. The zero-order chi connectivity index (χ0) is 20.3. The van der Waals surface area contributed by atoms with E-state index in [1.807, 2.05) is 22.6 Å². The molecule has 28 heavy (non-hydrogen) atoms. The average molecular weight is 502 g/mol. The van der Waals surface area contributed by atoms with Gasteiger partial charge in [0.05, 0.1) is 25.7 Å². The van der Waals surface area contributed by atoms with Gasteiger partial charge >= 0.3 is 0 Å². The Kier molecular flexibility index (Phi) is 6.70. The van der Waals surface area contributed by atoms with Gasteiger partial charge in [0.2, 0.25) is 0 Å². The van der Waals surface area contributed by atoms with E-state index < -0.39 is 36.7 Å². The molecule has 9 heteroatoms. The van der Waals surface area contributed by atoms with Crippen LogP contribution in [0.3, 0.4) is 0 Å². The number of aliphatic hydroxyl groups is 2. The third kappa shape index (κ3) is 4.54. The third-order valence-corrected chi connectivity index (χ3v) is 4.85. The van der Waals surface area contributed by atoms with Gasteiger partial charge in [0.25, 0.3) is 0 Å². The lowest BCUT2D eigenvalue weighted by molar-refractivity contribution is 0.00892. The van der Waals surface area contributed by atoms with Crippen LogP contribution in [-0.4, -0.2) is 51.3 Å². The van der Waals surface area contributed by atoms with Gasteiger partial charge in [-0.3, -0.25) is 9.20 Å². The summed E-state index contributed by atoms with van der Waals surface area (Å²) in [6, 6.07) is 5.83. The second-order valence-electron chi connectivity index (χ2n) is 6.19. The molecule has 0 aliphatic carbocycles. The van der Waals surface area contributed by atoms with E-state index in [-0.39, 0.29) is 24.1 Å². The van der Waals surface area contributed by atoms with Crippen molar-refractivity contribution in [2.45, 2.75) is 12.5 Å². The number of nitrogens with zero attached hydrogens (tertiary/aromatic N) is 2. The number of ketones is 1. The maximum atomic E-state index is 14.4. The number of pyridine rings is 1. The number of hydrogen-bond acceptors (Lipinski definition) is 5. The molecule has 0 saturated carbocycles. The molecular weight excluding hydrogens is 485 g/mol.